The zero-order valence-corrected chi connectivity index (χ0v) is 17.4. The molecule has 0 bridgehead atoms. The number of rotatable bonds is 4. The Morgan fingerprint density at radius 3 is 2.46 bits per heavy atom. The van der Waals surface area contributed by atoms with Crippen molar-refractivity contribution in [2.45, 2.75) is 64.7 Å². The molecular weight excluding hydrogens is 402 g/mol. The third-order valence-corrected chi connectivity index (χ3v) is 4.71. The second-order valence-corrected chi connectivity index (χ2v) is 8.66. The zero-order chi connectivity index (χ0) is 19.6. The van der Waals surface area contributed by atoms with Gasteiger partial charge >= 0.3 is 12.1 Å². The van der Waals surface area contributed by atoms with Crippen LogP contribution in [0.2, 0.25) is 0 Å². The van der Waals surface area contributed by atoms with E-state index < -0.39 is 29.8 Å². The highest BCUT2D eigenvalue weighted by atomic mass is 79.9. The Labute approximate surface area is 162 Å². The van der Waals surface area contributed by atoms with Gasteiger partial charge in [0.1, 0.15) is 23.5 Å². The average Bonchev–Trinajstić information content (AvgIpc) is 2.92. The topological polar surface area (TPSA) is 76.1 Å². The first-order valence-corrected chi connectivity index (χ1v) is 9.45. The van der Waals surface area contributed by atoms with Gasteiger partial charge in [0.2, 0.25) is 0 Å². The largest absolute Gasteiger partial charge is 0.487 e. The van der Waals surface area contributed by atoms with Gasteiger partial charge in [-0.2, -0.15) is 0 Å². The SMILES string of the molecule is CC(C)c1ccc(OC2CC(C(=O)O)N(C(=O)OC(C)(C)C)C2)c(Br)c1. The summed E-state index contributed by atoms with van der Waals surface area (Å²) >= 11 is 3.50. The van der Waals surface area contributed by atoms with E-state index in [1.807, 2.05) is 18.2 Å². The highest BCUT2D eigenvalue weighted by Crippen LogP contribution is 2.32. The van der Waals surface area contributed by atoms with Crippen LogP contribution >= 0.6 is 15.9 Å². The van der Waals surface area contributed by atoms with Crippen molar-refractivity contribution >= 4 is 28.0 Å². The Balaban J connectivity index is 2.12. The molecule has 1 amide bonds. The number of carboxylic acid groups (broad SMARTS) is 1. The van der Waals surface area contributed by atoms with Gasteiger partial charge in [-0.15, -0.1) is 0 Å². The number of ether oxygens (including phenoxy) is 2. The number of likely N-dealkylation sites (tertiary alicyclic amines) is 1. The van der Waals surface area contributed by atoms with Gasteiger partial charge in [0.05, 0.1) is 11.0 Å². The van der Waals surface area contributed by atoms with Gasteiger partial charge in [-0.05, 0) is 60.3 Å². The summed E-state index contributed by atoms with van der Waals surface area (Å²) in [5.74, 6) is -0.0309. The molecule has 26 heavy (non-hydrogen) atoms. The van der Waals surface area contributed by atoms with E-state index in [0.717, 1.165) is 4.47 Å². The molecule has 0 aromatic heterocycles. The first-order valence-electron chi connectivity index (χ1n) is 8.66. The van der Waals surface area contributed by atoms with E-state index in [1.165, 1.54) is 10.5 Å². The average molecular weight is 428 g/mol. The van der Waals surface area contributed by atoms with Crippen molar-refractivity contribution in [3.8, 4) is 5.75 Å². The Hall–Kier alpha value is -1.76. The Kier molecular flexibility index (Phi) is 6.21. The summed E-state index contributed by atoms with van der Waals surface area (Å²) in [6, 6.07) is 4.89. The highest BCUT2D eigenvalue weighted by molar-refractivity contribution is 9.10. The van der Waals surface area contributed by atoms with Crippen LogP contribution in [0.15, 0.2) is 22.7 Å². The predicted octanol–water partition coefficient (Wildman–Crippen LogP) is 4.41. The number of carbonyl (C=O) groups is 2. The first-order chi connectivity index (χ1) is 12.0. The van der Waals surface area contributed by atoms with Gasteiger partial charge < -0.3 is 14.6 Å². The molecule has 0 aliphatic carbocycles. The van der Waals surface area contributed by atoms with Crippen molar-refractivity contribution in [3.63, 3.8) is 0 Å². The van der Waals surface area contributed by atoms with Crippen LogP contribution in [0.1, 0.15) is 52.5 Å². The number of amides is 1. The monoisotopic (exact) mass is 427 g/mol. The summed E-state index contributed by atoms with van der Waals surface area (Å²) < 4.78 is 12.1. The minimum absolute atomic E-state index is 0.171. The van der Waals surface area contributed by atoms with Crippen molar-refractivity contribution in [2.75, 3.05) is 6.54 Å². The van der Waals surface area contributed by atoms with Crippen LogP contribution in [0.25, 0.3) is 0 Å². The van der Waals surface area contributed by atoms with Crippen molar-refractivity contribution < 1.29 is 24.2 Å². The molecule has 1 saturated heterocycles. The molecule has 2 rings (SSSR count). The molecule has 2 unspecified atom stereocenters. The van der Waals surface area contributed by atoms with Gasteiger partial charge in [0.25, 0.3) is 0 Å². The fourth-order valence-electron chi connectivity index (χ4n) is 2.79. The van der Waals surface area contributed by atoms with Gasteiger partial charge in [0, 0.05) is 6.42 Å². The molecule has 1 heterocycles. The van der Waals surface area contributed by atoms with Gasteiger partial charge in [-0.25, -0.2) is 9.59 Å². The number of halogens is 1. The maximum atomic E-state index is 12.3. The number of hydrogen-bond acceptors (Lipinski definition) is 4. The number of hydrogen-bond donors (Lipinski definition) is 1. The number of aliphatic carboxylic acids is 1. The van der Waals surface area contributed by atoms with Gasteiger partial charge in [-0.1, -0.05) is 19.9 Å². The van der Waals surface area contributed by atoms with Crippen LogP contribution in [0.4, 0.5) is 4.79 Å². The van der Waals surface area contributed by atoms with Crippen LogP contribution < -0.4 is 4.74 Å². The van der Waals surface area contributed by atoms with Crippen LogP contribution in [-0.2, 0) is 9.53 Å². The van der Waals surface area contributed by atoms with Crippen LogP contribution in [-0.4, -0.2) is 46.4 Å². The third-order valence-electron chi connectivity index (χ3n) is 4.09. The molecular formula is C19H26BrNO5. The second kappa shape index (κ2) is 7.86. The normalized spacial score (nSPS) is 20.3. The zero-order valence-electron chi connectivity index (χ0n) is 15.8. The van der Waals surface area contributed by atoms with Crippen molar-refractivity contribution in [3.05, 3.63) is 28.2 Å². The summed E-state index contributed by atoms with van der Waals surface area (Å²) in [4.78, 5) is 25.1. The minimum atomic E-state index is -1.06. The molecule has 1 aliphatic rings. The van der Waals surface area contributed by atoms with Crippen LogP contribution in [0, 0.1) is 0 Å². The quantitative estimate of drug-likeness (QED) is 0.769. The minimum Gasteiger partial charge on any atom is -0.487 e. The molecule has 1 aromatic carbocycles. The van der Waals surface area contributed by atoms with E-state index in [4.69, 9.17) is 9.47 Å². The maximum Gasteiger partial charge on any atom is 0.411 e. The summed E-state index contributed by atoms with van der Waals surface area (Å²) in [6.07, 6.45) is -0.831. The van der Waals surface area contributed by atoms with E-state index in [9.17, 15) is 14.7 Å². The number of carboxylic acids is 1. The van der Waals surface area contributed by atoms with E-state index in [1.54, 1.807) is 20.8 Å². The van der Waals surface area contributed by atoms with E-state index >= 15 is 0 Å². The lowest BCUT2D eigenvalue weighted by Crippen LogP contribution is -2.43. The number of carbonyl (C=O) groups excluding carboxylic acids is 1. The van der Waals surface area contributed by atoms with Crippen LogP contribution in [0.3, 0.4) is 0 Å². The molecule has 7 heteroatoms. The lowest BCUT2D eigenvalue weighted by atomic mass is 10.0. The standard InChI is InChI=1S/C19H26BrNO5/c1-11(2)12-6-7-16(14(20)8-12)25-13-9-15(17(22)23)21(10-13)18(24)26-19(3,4)5/h6-8,11,13,15H,9-10H2,1-5H3,(H,22,23). The molecule has 1 aliphatic heterocycles. The molecule has 0 saturated carbocycles. The summed E-state index contributed by atoms with van der Waals surface area (Å²) in [5, 5.41) is 9.45. The van der Waals surface area contributed by atoms with E-state index in [0.29, 0.717) is 11.7 Å². The molecule has 6 nitrogen and oxygen atoms in total. The molecule has 1 N–H and O–H groups in total. The van der Waals surface area contributed by atoms with Crippen molar-refractivity contribution in [1.29, 1.82) is 0 Å². The van der Waals surface area contributed by atoms with E-state index in [2.05, 4.69) is 29.8 Å². The fourth-order valence-corrected chi connectivity index (χ4v) is 3.28. The molecule has 1 aromatic rings. The number of benzene rings is 1. The Bertz CT molecular complexity index is 683. The Morgan fingerprint density at radius 1 is 1.31 bits per heavy atom. The first kappa shape index (κ1) is 20.6. The summed E-state index contributed by atoms with van der Waals surface area (Å²) in [7, 11) is 0. The highest BCUT2D eigenvalue weighted by Gasteiger charge is 2.42. The molecule has 2 atom stereocenters. The summed E-state index contributed by atoms with van der Waals surface area (Å²) in [6.45, 7) is 9.63. The van der Waals surface area contributed by atoms with Crippen LogP contribution in [0.5, 0.6) is 5.75 Å². The maximum absolute atomic E-state index is 12.3. The smallest absolute Gasteiger partial charge is 0.411 e. The molecule has 1 fully saturated rings. The lowest BCUT2D eigenvalue weighted by molar-refractivity contribution is -0.142. The van der Waals surface area contributed by atoms with Crippen molar-refractivity contribution in [2.24, 2.45) is 0 Å². The Morgan fingerprint density at radius 2 is 1.96 bits per heavy atom. The lowest BCUT2D eigenvalue weighted by Gasteiger charge is -2.26. The van der Waals surface area contributed by atoms with E-state index in [-0.39, 0.29) is 13.0 Å². The van der Waals surface area contributed by atoms with Gasteiger partial charge in [-0.3, -0.25) is 4.90 Å². The second-order valence-electron chi connectivity index (χ2n) is 7.81. The molecule has 144 valence electrons. The third kappa shape index (κ3) is 5.13. The summed E-state index contributed by atoms with van der Waals surface area (Å²) in [5.41, 5.74) is 0.490. The predicted molar refractivity (Wildman–Crippen MR) is 102 cm³/mol. The van der Waals surface area contributed by atoms with Crippen molar-refractivity contribution in [1.82, 2.24) is 4.90 Å². The fraction of sp³-hybridized carbons (Fsp3) is 0.579. The number of nitrogens with zero attached hydrogens (tertiary/aromatic N) is 1. The van der Waals surface area contributed by atoms with Gasteiger partial charge in [0.15, 0.2) is 0 Å². The molecule has 0 radical (unpaired) electrons. The molecule has 0 spiro atoms.